The smallest absolute Gasteiger partial charge is 0.358 e. The highest BCUT2D eigenvalue weighted by Crippen LogP contribution is 2.40. The Morgan fingerprint density at radius 2 is 2.00 bits per heavy atom. The van der Waals surface area contributed by atoms with Crippen molar-refractivity contribution in [2.24, 2.45) is 0 Å². The van der Waals surface area contributed by atoms with Crippen molar-refractivity contribution in [3.8, 4) is 0 Å². The normalized spacial score (nSPS) is 13.6. The number of halogens is 1. The van der Waals surface area contributed by atoms with Gasteiger partial charge in [0.25, 0.3) is 0 Å². The van der Waals surface area contributed by atoms with Gasteiger partial charge in [0.05, 0.1) is 7.11 Å². The quantitative estimate of drug-likeness (QED) is 0.693. The fourth-order valence-electron chi connectivity index (χ4n) is 2.75. The minimum absolute atomic E-state index is 0.158. The molecule has 0 unspecified atom stereocenters. The lowest BCUT2D eigenvalue weighted by Gasteiger charge is -2.25. The molecule has 0 saturated heterocycles. The van der Waals surface area contributed by atoms with Gasteiger partial charge in [-0.05, 0) is 24.8 Å². The van der Waals surface area contributed by atoms with Gasteiger partial charge in [-0.3, -0.25) is 0 Å². The lowest BCUT2D eigenvalue weighted by molar-refractivity contribution is 0.0593. The molecule has 0 radical (unpaired) electrons. The van der Waals surface area contributed by atoms with E-state index in [9.17, 15) is 4.79 Å². The van der Waals surface area contributed by atoms with Crippen LogP contribution in [0.25, 0.3) is 0 Å². The molecular weight excluding hydrogens is 338 g/mol. The molecule has 1 aliphatic carbocycles. The zero-order chi connectivity index (χ0) is 17.8. The molecule has 1 aromatic carbocycles. The number of rotatable bonds is 7. The summed E-state index contributed by atoms with van der Waals surface area (Å²) in [6, 6.07) is 10.2. The molecule has 6 heteroatoms. The molecule has 0 spiro atoms. The lowest BCUT2D eigenvalue weighted by Crippen LogP contribution is -2.26. The fourth-order valence-corrected chi connectivity index (χ4v) is 3.03. The summed E-state index contributed by atoms with van der Waals surface area (Å²) in [6.45, 7) is 3.57. The topological polar surface area (TPSA) is 55.3 Å². The highest BCUT2D eigenvalue weighted by atomic mass is 35.5. The molecule has 0 amide bonds. The van der Waals surface area contributed by atoms with Crippen LogP contribution in [0.4, 0.5) is 5.82 Å². The second-order valence-corrected chi connectivity index (χ2v) is 6.62. The maximum Gasteiger partial charge on any atom is 0.358 e. The molecule has 132 valence electrons. The van der Waals surface area contributed by atoms with Crippen molar-refractivity contribution in [2.75, 3.05) is 18.6 Å². The van der Waals surface area contributed by atoms with Crippen LogP contribution >= 0.6 is 11.6 Å². The molecule has 1 aromatic heterocycles. The molecule has 0 bridgehead atoms. The predicted molar refractivity (Wildman–Crippen MR) is 98.1 cm³/mol. The van der Waals surface area contributed by atoms with E-state index < -0.39 is 5.97 Å². The van der Waals surface area contributed by atoms with Gasteiger partial charge in [-0.1, -0.05) is 48.9 Å². The van der Waals surface area contributed by atoms with Gasteiger partial charge in [-0.15, -0.1) is 0 Å². The Hall–Kier alpha value is -2.14. The summed E-state index contributed by atoms with van der Waals surface area (Å²) >= 11 is 6.51. The second-order valence-electron chi connectivity index (χ2n) is 6.24. The standard InChI is InChI=1S/C19H22ClN3O2/c1-3-11-23(12-13-7-5-4-6-8-13)18-15(20)16(19(24)25-2)21-17(22-18)14-9-10-14/h4-8,14H,3,9-12H2,1-2H3. The van der Waals surface area contributed by atoms with Gasteiger partial charge in [-0.2, -0.15) is 0 Å². The van der Waals surface area contributed by atoms with Crippen molar-refractivity contribution in [2.45, 2.75) is 38.6 Å². The predicted octanol–water partition coefficient (Wildman–Crippen LogP) is 4.21. The third-order valence-electron chi connectivity index (χ3n) is 4.18. The summed E-state index contributed by atoms with van der Waals surface area (Å²) in [6.07, 6.45) is 3.04. The minimum Gasteiger partial charge on any atom is -0.464 e. The number of carbonyl (C=O) groups excluding carboxylic acids is 1. The lowest BCUT2D eigenvalue weighted by atomic mass is 10.2. The van der Waals surface area contributed by atoms with Crippen molar-refractivity contribution >= 4 is 23.4 Å². The first-order chi connectivity index (χ1) is 12.1. The molecule has 2 aromatic rings. The maximum atomic E-state index is 12.1. The zero-order valence-electron chi connectivity index (χ0n) is 14.5. The van der Waals surface area contributed by atoms with Crippen LogP contribution in [0.5, 0.6) is 0 Å². The molecule has 1 saturated carbocycles. The monoisotopic (exact) mass is 359 g/mol. The molecule has 1 aliphatic rings. The fraction of sp³-hybridized carbons (Fsp3) is 0.421. The van der Waals surface area contributed by atoms with E-state index in [1.807, 2.05) is 18.2 Å². The van der Waals surface area contributed by atoms with Gasteiger partial charge in [0.2, 0.25) is 0 Å². The number of hydrogen-bond acceptors (Lipinski definition) is 5. The van der Waals surface area contributed by atoms with E-state index in [4.69, 9.17) is 21.3 Å². The number of anilines is 1. The molecule has 0 N–H and O–H groups in total. The molecule has 0 aliphatic heterocycles. The number of methoxy groups -OCH3 is 1. The summed E-state index contributed by atoms with van der Waals surface area (Å²) < 4.78 is 4.85. The van der Waals surface area contributed by atoms with Gasteiger partial charge < -0.3 is 9.64 Å². The Morgan fingerprint density at radius 3 is 2.60 bits per heavy atom. The average molecular weight is 360 g/mol. The van der Waals surface area contributed by atoms with Crippen LogP contribution in [0.15, 0.2) is 30.3 Å². The average Bonchev–Trinajstić information content (AvgIpc) is 3.47. The van der Waals surface area contributed by atoms with Crippen molar-refractivity contribution < 1.29 is 9.53 Å². The number of ether oxygens (including phenoxy) is 1. The highest BCUT2D eigenvalue weighted by Gasteiger charge is 2.31. The van der Waals surface area contributed by atoms with Crippen LogP contribution in [0.2, 0.25) is 5.02 Å². The number of hydrogen-bond donors (Lipinski definition) is 0. The van der Waals surface area contributed by atoms with E-state index in [-0.39, 0.29) is 10.7 Å². The summed E-state index contributed by atoms with van der Waals surface area (Å²) in [7, 11) is 1.34. The third kappa shape index (κ3) is 4.10. The number of benzene rings is 1. The van der Waals surface area contributed by atoms with Gasteiger partial charge >= 0.3 is 5.97 Å². The summed E-state index contributed by atoms with van der Waals surface area (Å²) in [5, 5.41) is 0.264. The van der Waals surface area contributed by atoms with Crippen LogP contribution in [-0.2, 0) is 11.3 Å². The van der Waals surface area contributed by atoms with E-state index in [0.717, 1.165) is 25.8 Å². The van der Waals surface area contributed by atoms with E-state index in [2.05, 4.69) is 28.9 Å². The Kier molecular flexibility index (Phi) is 5.53. The molecule has 0 atom stereocenters. The van der Waals surface area contributed by atoms with Crippen molar-refractivity contribution in [1.29, 1.82) is 0 Å². The van der Waals surface area contributed by atoms with Crippen molar-refractivity contribution in [3.63, 3.8) is 0 Å². The summed E-state index contributed by atoms with van der Waals surface area (Å²) in [4.78, 5) is 23.3. The van der Waals surface area contributed by atoms with Crippen LogP contribution in [0, 0.1) is 0 Å². The second kappa shape index (κ2) is 7.83. The number of carbonyl (C=O) groups is 1. The number of nitrogens with zero attached hydrogens (tertiary/aromatic N) is 3. The summed E-state index contributed by atoms with van der Waals surface area (Å²) in [5.41, 5.74) is 1.32. The largest absolute Gasteiger partial charge is 0.464 e. The zero-order valence-corrected chi connectivity index (χ0v) is 15.3. The first kappa shape index (κ1) is 17.7. The molecular formula is C19H22ClN3O2. The van der Waals surface area contributed by atoms with Gasteiger partial charge in [-0.25, -0.2) is 14.8 Å². The first-order valence-electron chi connectivity index (χ1n) is 8.58. The first-order valence-corrected chi connectivity index (χ1v) is 8.96. The molecule has 1 fully saturated rings. The minimum atomic E-state index is -0.522. The van der Waals surface area contributed by atoms with Crippen LogP contribution < -0.4 is 4.90 Å². The Labute approximate surface area is 153 Å². The number of aromatic nitrogens is 2. The van der Waals surface area contributed by atoms with E-state index >= 15 is 0 Å². The third-order valence-corrected chi connectivity index (χ3v) is 4.53. The van der Waals surface area contributed by atoms with Gasteiger partial charge in [0, 0.05) is 19.0 Å². The Bertz CT molecular complexity index is 748. The van der Waals surface area contributed by atoms with Crippen molar-refractivity contribution in [1.82, 2.24) is 9.97 Å². The Balaban J connectivity index is 2.01. The van der Waals surface area contributed by atoms with Crippen LogP contribution in [0.3, 0.4) is 0 Å². The van der Waals surface area contributed by atoms with E-state index in [1.54, 1.807) is 0 Å². The Morgan fingerprint density at radius 1 is 1.28 bits per heavy atom. The van der Waals surface area contributed by atoms with Crippen molar-refractivity contribution in [3.05, 3.63) is 52.4 Å². The SMILES string of the molecule is CCCN(Cc1ccccc1)c1nc(C2CC2)nc(C(=O)OC)c1Cl. The van der Waals surface area contributed by atoms with Gasteiger partial charge in [0.1, 0.15) is 10.8 Å². The molecule has 25 heavy (non-hydrogen) atoms. The summed E-state index contributed by atoms with van der Waals surface area (Å²) in [5.74, 6) is 1.10. The molecule has 1 heterocycles. The number of esters is 1. The maximum absolute atomic E-state index is 12.1. The van der Waals surface area contributed by atoms with Crippen LogP contribution in [-0.4, -0.2) is 29.6 Å². The van der Waals surface area contributed by atoms with Gasteiger partial charge in [0.15, 0.2) is 11.5 Å². The molecule has 5 nitrogen and oxygen atoms in total. The molecule has 3 rings (SSSR count). The van der Waals surface area contributed by atoms with E-state index in [1.165, 1.54) is 12.7 Å². The van der Waals surface area contributed by atoms with Crippen LogP contribution in [0.1, 0.15) is 54.0 Å². The highest BCUT2D eigenvalue weighted by molar-refractivity contribution is 6.35. The van der Waals surface area contributed by atoms with E-state index in [0.29, 0.717) is 24.1 Å².